The van der Waals surface area contributed by atoms with Gasteiger partial charge in [0.2, 0.25) is 5.96 Å². The van der Waals surface area contributed by atoms with Gasteiger partial charge in [-0.15, -0.1) is 0 Å². The minimum Gasteiger partial charge on any atom is -0.323 e. The average Bonchev–Trinajstić information content (AvgIpc) is 2.19. The number of nitrogens with zero attached hydrogens (tertiary/aromatic N) is 3. The molecular formula is C11H14ClN5. The molecule has 0 atom stereocenters. The number of nitriles is 1. The molecule has 6 heteroatoms. The van der Waals surface area contributed by atoms with Crippen molar-refractivity contribution in [3.63, 3.8) is 0 Å². The van der Waals surface area contributed by atoms with Gasteiger partial charge in [0.05, 0.1) is 11.2 Å². The van der Waals surface area contributed by atoms with Crippen LogP contribution in [-0.4, -0.2) is 16.5 Å². The van der Waals surface area contributed by atoms with Crippen LogP contribution >= 0.6 is 11.6 Å². The highest BCUT2D eigenvalue weighted by atomic mass is 35.5. The Morgan fingerprint density at radius 2 is 2.24 bits per heavy atom. The van der Waals surface area contributed by atoms with E-state index in [9.17, 15) is 0 Å². The van der Waals surface area contributed by atoms with Gasteiger partial charge in [0, 0.05) is 6.20 Å². The van der Waals surface area contributed by atoms with E-state index in [0.29, 0.717) is 16.8 Å². The highest BCUT2D eigenvalue weighted by Gasteiger charge is 2.11. The van der Waals surface area contributed by atoms with Crippen LogP contribution in [0.25, 0.3) is 0 Å². The van der Waals surface area contributed by atoms with E-state index in [1.807, 2.05) is 27.0 Å². The van der Waals surface area contributed by atoms with E-state index in [1.165, 1.54) is 0 Å². The molecule has 0 fully saturated rings. The molecule has 5 nitrogen and oxygen atoms in total. The van der Waals surface area contributed by atoms with Crippen molar-refractivity contribution >= 4 is 23.2 Å². The van der Waals surface area contributed by atoms with Crippen LogP contribution in [0.1, 0.15) is 20.8 Å². The zero-order valence-electron chi connectivity index (χ0n) is 9.95. The molecule has 0 aliphatic rings. The van der Waals surface area contributed by atoms with Crippen molar-refractivity contribution in [1.82, 2.24) is 10.3 Å². The summed E-state index contributed by atoms with van der Waals surface area (Å²) in [7, 11) is 0. The number of hydrogen-bond donors (Lipinski definition) is 2. The second kappa shape index (κ2) is 5.51. The standard InChI is InChI=1S/C11H14ClN5/c1-11(2,3)17-10(15-7-13)16-8-5-4-6-14-9(8)12/h4-6H,1-3H3,(H2,15,16,17). The van der Waals surface area contributed by atoms with E-state index in [1.54, 1.807) is 18.3 Å². The zero-order chi connectivity index (χ0) is 12.9. The third-order valence-electron chi connectivity index (χ3n) is 1.63. The topological polar surface area (TPSA) is 73.1 Å². The third-order valence-corrected chi connectivity index (χ3v) is 1.93. The van der Waals surface area contributed by atoms with Gasteiger partial charge in [-0.1, -0.05) is 11.6 Å². The molecule has 1 rings (SSSR count). The van der Waals surface area contributed by atoms with Crippen LogP contribution in [0.3, 0.4) is 0 Å². The molecule has 0 saturated carbocycles. The molecule has 1 heterocycles. The van der Waals surface area contributed by atoms with Gasteiger partial charge in [-0.05, 0) is 32.9 Å². The number of hydrogen-bond acceptors (Lipinski definition) is 3. The van der Waals surface area contributed by atoms with Crippen LogP contribution in [0.5, 0.6) is 0 Å². The number of pyridine rings is 1. The van der Waals surface area contributed by atoms with E-state index >= 15 is 0 Å². The molecule has 1 aromatic rings. The lowest BCUT2D eigenvalue weighted by molar-refractivity contribution is 0.581. The van der Waals surface area contributed by atoms with Crippen molar-refractivity contribution in [3.8, 4) is 6.19 Å². The van der Waals surface area contributed by atoms with E-state index in [0.717, 1.165) is 0 Å². The van der Waals surface area contributed by atoms with Crippen LogP contribution in [0.15, 0.2) is 23.3 Å². The molecule has 0 aliphatic heterocycles. The molecule has 0 aromatic carbocycles. The van der Waals surface area contributed by atoms with Crippen LogP contribution < -0.4 is 10.6 Å². The molecule has 1 aromatic heterocycles. The molecule has 0 saturated heterocycles. The predicted molar refractivity (Wildman–Crippen MR) is 68.8 cm³/mol. The summed E-state index contributed by atoms with van der Waals surface area (Å²) in [5.41, 5.74) is 0.292. The summed E-state index contributed by atoms with van der Waals surface area (Å²) < 4.78 is 0. The highest BCUT2D eigenvalue weighted by molar-refractivity contribution is 6.32. The summed E-state index contributed by atoms with van der Waals surface area (Å²) >= 11 is 5.90. The van der Waals surface area contributed by atoms with Crippen LogP contribution in [0, 0.1) is 11.5 Å². The summed E-state index contributed by atoms with van der Waals surface area (Å²) in [4.78, 5) is 8.25. The molecule has 0 unspecified atom stereocenters. The lowest BCUT2D eigenvalue weighted by atomic mass is 10.1. The third kappa shape index (κ3) is 4.70. The van der Waals surface area contributed by atoms with E-state index in [-0.39, 0.29) is 5.54 Å². The van der Waals surface area contributed by atoms with Gasteiger partial charge in [0.15, 0.2) is 11.3 Å². The molecular weight excluding hydrogens is 238 g/mol. The Kier molecular flexibility index (Phi) is 4.30. The Morgan fingerprint density at radius 3 is 2.76 bits per heavy atom. The molecule has 2 N–H and O–H groups in total. The highest BCUT2D eigenvalue weighted by Crippen LogP contribution is 2.17. The van der Waals surface area contributed by atoms with Crippen molar-refractivity contribution < 1.29 is 0 Å². The zero-order valence-corrected chi connectivity index (χ0v) is 10.7. The van der Waals surface area contributed by atoms with Crippen molar-refractivity contribution in [2.45, 2.75) is 26.3 Å². The molecule has 0 amide bonds. The number of halogens is 1. The maximum absolute atomic E-state index is 8.65. The van der Waals surface area contributed by atoms with E-state index in [2.05, 4.69) is 20.6 Å². The first kappa shape index (κ1) is 13.3. The summed E-state index contributed by atoms with van der Waals surface area (Å²) in [6, 6.07) is 3.50. The van der Waals surface area contributed by atoms with Gasteiger partial charge in [-0.2, -0.15) is 5.26 Å². The molecule has 0 aliphatic carbocycles. The van der Waals surface area contributed by atoms with Gasteiger partial charge in [0.25, 0.3) is 0 Å². The Bertz CT molecular complexity index is 456. The number of aliphatic imine (C=N–C) groups is 1. The monoisotopic (exact) mass is 251 g/mol. The first-order chi connectivity index (χ1) is 7.92. The van der Waals surface area contributed by atoms with Gasteiger partial charge in [0.1, 0.15) is 0 Å². The number of anilines is 1. The molecule has 0 spiro atoms. The van der Waals surface area contributed by atoms with Crippen molar-refractivity contribution in [1.29, 1.82) is 5.26 Å². The Labute approximate surface area is 106 Å². The summed E-state index contributed by atoms with van der Waals surface area (Å²) in [6.45, 7) is 5.79. The summed E-state index contributed by atoms with van der Waals surface area (Å²) in [5, 5.41) is 14.4. The van der Waals surface area contributed by atoms with Gasteiger partial charge < -0.3 is 5.32 Å². The fourth-order valence-corrected chi connectivity index (χ4v) is 1.25. The quantitative estimate of drug-likeness (QED) is 0.264. The summed E-state index contributed by atoms with van der Waals surface area (Å²) in [6.07, 6.45) is 3.41. The number of aromatic nitrogens is 1. The van der Waals surface area contributed by atoms with Crippen LogP contribution in [-0.2, 0) is 0 Å². The lowest BCUT2D eigenvalue weighted by Gasteiger charge is -2.16. The number of nitrogens with one attached hydrogen (secondary N) is 2. The maximum atomic E-state index is 8.65. The Balaban J connectivity index is 2.93. The van der Waals surface area contributed by atoms with Gasteiger partial charge >= 0.3 is 0 Å². The minimum atomic E-state index is -0.305. The first-order valence-electron chi connectivity index (χ1n) is 5.05. The van der Waals surface area contributed by atoms with Crippen molar-refractivity contribution in [2.24, 2.45) is 4.99 Å². The second-order valence-electron chi connectivity index (χ2n) is 4.33. The van der Waals surface area contributed by atoms with Gasteiger partial charge in [-0.3, -0.25) is 5.32 Å². The minimum absolute atomic E-state index is 0.305. The smallest absolute Gasteiger partial charge is 0.209 e. The van der Waals surface area contributed by atoms with Crippen molar-refractivity contribution in [3.05, 3.63) is 23.5 Å². The van der Waals surface area contributed by atoms with Gasteiger partial charge in [-0.25, -0.2) is 9.98 Å². The van der Waals surface area contributed by atoms with E-state index in [4.69, 9.17) is 16.9 Å². The SMILES string of the molecule is CC(C)(C)N=C(NC#N)Nc1cccnc1Cl. The Morgan fingerprint density at radius 1 is 1.53 bits per heavy atom. The maximum Gasteiger partial charge on any atom is 0.209 e. The second-order valence-corrected chi connectivity index (χ2v) is 4.69. The molecule has 0 radical (unpaired) electrons. The fraction of sp³-hybridized carbons (Fsp3) is 0.364. The molecule has 17 heavy (non-hydrogen) atoms. The predicted octanol–water partition coefficient (Wildman–Crippen LogP) is 2.37. The van der Waals surface area contributed by atoms with Crippen molar-refractivity contribution in [2.75, 3.05) is 5.32 Å². The summed E-state index contributed by atoms with van der Waals surface area (Å²) in [5.74, 6) is 0.343. The average molecular weight is 252 g/mol. The number of guanidine groups is 1. The molecule has 0 bridgehead atoms. The van der Waals surface area contributed by atoms with Crippen LogP contribution in [0.4, 0.5) is 5.69 Å². The molecule has 90 valence electrons. The largest absolute Gasteiger partial charge is 0.323 e. The first-order valence-corrected chi connectivity index (χ1v) is 5.42. The fourth-order valence-electron chi connectivity index (χ4n) is 1.08. The van der Waals surface area contributed by atoms with Crippen LogP contribution in [0.2, 0.25) is 5.15 Å². The Hall–Kier alpha value is -1.80. The number of rotatable bonds is 1. The van der Waals surface area contributed by atoms with E-state index < -0.39 is 0 Å². The lowest BCUT2D eigenvalue weighted by Crippen LogP contribution is -2.30. The normalized spacial score (nSPS) is 11.8.